The number of nitrogens with zero attached hydrogens (tertiary/aromatic N) is 3. The van der Waals surface area contributed by atoms with Gasteiger partial charge in [-0.3, -0.25) is 0 Å². The fraction of sp³-hybridized carbons (Fsp3) is 0.500. The SMILES string of the molecule is CC(C)(C)N=C=N[N+](C)(C)Cc1ccccc1. The number of hydrogen-bond donors (Lipinski definition) is 0. The van der Waals surface area contributed by atoms with Crippen molar-refractivity contribution in [2.75, 3.05) is 14.1 Å². The van der Waals surface area contributed by atoms with Crippen molar-refractivity contribution in [1.82, 2.24) is 0 Å². The van der Waals surface area contributed by atoms with E-state index in [1.807, 2.05) is 53.1 Å². The highest BCUT2D eigenvalue weighted by Gasteiger charge is 2.14. The average molecular weight is 232 g/mol. The maximum Gasteiger partial charge on any atom is 0.153 e. The molecule has 0 aliphatic carbocycles. The second kappa shape index (κ2) is 5.26. The van der Waals surface area contributed by atoms with Crippen LogP contribution in [0, 0.1) is 0 Å². The molecule has 0 saturated heterocycles. The highest BCUT2D eigenvalue weighted by molar-refractivity contribution is 5.40. The molecule has 3 nitrogen and oxygen atoms in total. The Labute approximate surface area is 104 Å². The van der Waals surface area contributed by atoms with Crippen LogP contribution in [0.3, 0.4) is 0 Å². The quantitative estimate of drug-likeness (QED) is 0.434. The Kier molecular flexibility index (Phi) is 4.22. The minimum Gasteiger partial charge on any atom is -0.215 e. The number of benzene rings is 1. The van der Waals surface area contributed by atoms with Crippen LogP contribution in [0.5, 0.6) is 0 Å². The minimum atomic E-state index is -0.115. The molecule has 0 radical (unpaired) electrons. The van der Waals surface area contributed by atoms with Crippen LogP contribution in [0.25, 0.3) is 0 Å². The first kappa shape index (κ1) is 13.6. The van der Waals surface area contributed by atoms with Gasteiger partial charge in [0.05, 0.1) is 19.6 Å². The molecule has 0 N–H and O–H groups in total. The van der Waals surface area contributed by atoms with Crippen molar-refractivity contribution >= 4 is 6.01 Å². The van der Waals surface area contributed by atoms with Crippen LogP contribution in [-0.2, 0) is 6.54 Å². The van der Waals surface area contributed by atoms with Crippen LogP contribution >= 0.6 is 0 Å². The monoisotopic (exact) mass is 232 g/mol. The van der Waals surface area contributed by atoms with Crippen molar-refractivity contribution in [3.05, 3.63) is 35.9 Å². The van der Waals surface area contributed by atoms with Gasteiger partial charge in [0.1, 0.15) is 6.54 Å². The van der Waals surface area contributed by atoms with Gasteiger partial charge in [0, 0.05) is 5.56 Å². The third-order valence-corrected chi connectivity index (χ3v) is 2.11. The summed E-state index contributed by atoms with van der Waals surface area (Å²) in [6, 6.07) is 13.1. The van der Waals surface area contributed by atoms with E-state index in [9.17, 15) is 0 Å². The van der Waals surface area contributed by atoms with Crippen molar-refractivity contribution < 1.29 is 4.59 Å². The number of hydrogen-bond acceptors (Lipinski definition) is 2. The molecule has 0 aliphatic heterocycles. The average Bonchev–Trinajstić information content (AvgIpc) is 2.15. The van der Waals surface area contributed by atoms with Gasteiger partial charge in [0.15, 0.2) is 6.01 Å². The van der Waals surface area contributed by atoms with E-state index in [1.165, 1.54) is 5.56 Å². The fourth-order valence-corrected chi connectivity index (χ4v) is 1.36. The van der Waals surface area contributed by atoms with E-state index in [4.69, 9.17) is 0 Å². The van der Waals surface area contributed by atoms with Gasteiger partial charge in [-0.2, -0.15) is 4.59 Å². The Balaban J connectivity index is 2.73. The zero-order valence-electron chi connectivity index (χ0n) is 11.4. The van der Waals surface area contributed by atoms with Crippen LogP contribution in [0.4, 0.5) is 0 Å². The van der Waals surface area contributed by atoms with Crippen molar-refractivity contribution in [3.63, 3.8) is 0 Å². The molecule has 1 rings (SSSR count). The third-order valence-electron chi connectivity index (χ3n) is 2.11. The summed E-state index contributed by atoms with van der Waals surface area (Å²) in [4.78, 5) is 4.25. The highest BCUT2D eigenvalue weighted by Crippen LogP contribution is 2.09. The molecule has 1 aromatic rings. The Morgan fingerprint density at radius 3 is 2.24 bits per heavy atom. The molecule has 0 atom stereocenters. The molecule has 0 unspecified atom stereocenters. The van der Waals surface area contributed by atoms with E-state index in [0.29, 0.717) is 4.59 Å². The number of quaternary nitrogens is 1. The summed E-state index contributed by atoms with van der Waals surface area (Å²) in [6.07, 6.45) is 0. The lowest BCUT2D eigenvalue weighted by molar-refractivity contribution is -0.909. The van der Waals surface area contributed by atoms with Crippen molar-refractivity contribution in [2.24, 2.45) is 10.1 Å². The van der Waals surface area contributed by atoms with Gasteiger partial charge in [0.2, 0.25) is 0 Å². The fourth-order valence-electron chi connectivity index (χ4n) is 1.36. The largest absolute Gasteiger partial charge is 0.215 e. The normalized spacial score (nSPS) is 11.8. The molecule has 17 heavy (non-hydrogen) atoms. The topological polar surface area (TPSA) is 24.7 Å². The van der Waals surface area contributed by atoms with Crippen LogP contribution in [0.1, 0.15) is 26.3 Å². The van der Waals surface area contributed by atoms with Crippen LogP contribution in [0.2, 0.25) is 0 Å². The van der Waals surface area contributed by atoms with E-state index in [1.54, 1.807) is 0 Å². The summed E-state index contributed by atoms with van der Waals surface area (Å²) in [7, 11) is 4.08. The molecular weight excluding hydrogens is 210 g/mol. The van der Waals surface area contributed by atoms with E-state index in [2.05, 4.69) is 28.2 Å². The lowest BCUT2D eigenvalue weighted by Crippen LogP contribution is -2.32. The first-order valence-corrected chi connectivity index (χ1v) is 5.85. The molecule has 0 aromatic heterocycles. The molecular formula is C14H22N3+. The Morgan fingerprint density at radius 2 is 1.71 bits per heavy atom. The summed E-state index contributed by atoms with van der Waals surface area (Å²) in [5.74, 6) is 0. The molecule has 0 bridgehead atoms. The van der Waals surface area contributed by atoms with Gasteiger partial charge in [-0.25, -0.2) is 4.99 Å². The van der Waals surface area contributed by atoms with Gasteiger partial charge < -0.3 is 0 Å². The first-order chi connectivity index (χ1) is 7.79. The lowest BCUT2D eigenvalue weighted by atomic mass is 10.1. The van der Waals surface area contributed by atoms with E-state index in [-0.39, 0.29) is 5.54 Å². The predicted molar refractivity (Wildman–Crippen MR) is 71.9 cm³/mol. The van der Waals surface area contributed by atoms with Gasteiger partial charge in [-0.05, 0) is 25.9 Å². The van der Waals surface area contributed by atoms with Gasteiger partial charge in [0.25, 0.3) is 0 Å². The van der Waals surface area contributed by atoms with Crippen molar-refractivity contribution in [2.45, 2.75) is 32.9 Å². The summed E-state index contributed by atoms with van der Waals surface area (Å²) in [6.45, 7) is 6.94. The summed E-state index contributed by atoms with van der Waals surface area (Å²) >= 11 is 0. The minimum absolute atomic E-state index is 0.115. The van der Waals surface area contributed by atoms with E-state index < -0.39 is 0 Å². The highest BCUT2D eigenvalue weighted by atomic mass is 15.6. The Hall–Kier alpha value is -1.44. The van der Waals surface area contributed by atoms with E-state index >= 15 is 0 Å². The van der Waals surface area contributed by atoms with Crippen LogP contribution < -0.4 is 0 Å². The maximum atomic E-state index is 4.36. The van der Waals surface area contributed by atoms with Crippen LogP contribution in [-0.4, -0.2) is 30.2 Å². The van der Waals surface area contributed by atoms with Crippen molar-refractivity contribution in [3.8, 4) is 0 Å². The number of rotatable bonds is 3. The smallest absolute Gasteiger partial charge is 0.153 e. The standard InChI is InChI=1S/C14H22N3/c1-14(2,3)15-12-16-17(4,5)11-13-9-7-6-8-10-13/h6-10H,11H2,1-5H3/q+1. The van der Waals surface area contributed by atoms with E-state index in [0.717, 1.165) is 6.54 Å². The molecule has 0 amide bonds. The number of aliphatic imine (C=N–C) groups is 1. The molecule has 0 aliphatic rings. The summed E-state index contributed by atoms with van der Waals surface area (Å²) in [5.41, 5.74) is 1.15. The molecule has 0 saturated carbocycles. The molecule has 92 valence electrons. The zero-order valence-corrected chi connectivity index (χ0v) is 11.4. The molecule has 0 heterocycles. The Morgan fingerprint density at radius 1 is 1.12 bits per heavy atom. The lowest BCUT2D eigenvalue weighted by Gasteiger charge is -2.20. The zero-order chi connectivity index (χ0) is 12.9. The molecule has 3 heteroatoms. The molecule has 0 fully saturated rings. The second-order valence-electron chi connectivity index (χ2n) is 5.75. The molecule has 1 aromatic carbocycles. The van der Waals surface area contributed by atoms with Gasteiger partial charge in [-0.15, -0.1) is 0 Å². The van der Waals surface area contributed by atoms with Crippen molar-refractivity contribution in [1.29, 1.82) is 0 Å². The summed E-state index contributed by atoms with van der Waals surface area (Å²) < 4.78 is 0.504. The second-order valence-corrected chi connectivity index (χ2v) is 5.75. The van der Waals surface area contributed by atoms with Crippen LogP contribution in [0.15, 0.2) is 40.4 Å². The van der Waals surface area contributed by atoms with Gasteiger partial charge >= 0.3 is 0 Å². The first-order valence-electron chi connectivity index (χ1n) is 5.85. The third kappa shape index (κ3) is 6.00. The maximum absolute atomic E-state index is 4.36. The molecule has 0 spiro atoms. The predicted octanol–water partition coefficient (Wildman–Crippen LogP) is 3.15. The summed E-state index contributed by atoms with van der Waals surface area (Å²) in [5, 5.41) is 4.36. The van der Waals surface area contributed by atoms with Gasteiger partial charge in [-0.1, -0.05) is 30.3 Å². The Bertz CT molecular complexity index is 407.